The van der Waals surface area contributed by atoms with Crippen LogP contribution in [0.2, 0.25) is 0 Å². The van der Waals surface area contributed by atoms with Gasteiger partial charge in [-0.2, -0.15) is 0 Å². The summed E-state index contributed by atoms with van der Waals surface area (Å²) in [7, 11) is 0. The largest absolute Gasteiger partial charge is 0.454 e. The van der Waals surface area contributed by atoms with Crippen molar-refractivity contribution in [2.24, 2.45) is 0 Å². The Hall–Kier alpha value is -2.55. The third kappa shape index (κ3) is 3.35. The van der Waals surface area contributed by atoms with Gasteiger partial charge in [0, 0.05) is 18.2 Å². The molecule has 0 atom stereocenters. The summed E-state index contributed by atoms with van der Waals surface area (Å²) >= 11 is 1.28. The highest BCUT2D eigenvalue weighted by Gasteiger charge is 2.20. The molecule has 3 rings (SSSR count). The molecule has 2 heterocycles. The van der Waals surface area contributed by atoms with Crippen LogP contribution in [0.3, 0.4) is 0 Å². The van der Waals surface area contributed by atoms with Crippen LogP contribution in [0.1, 0.15) is 24.2 Å². The standard InChI is InChI=1S/C15H16N4O4S/c1-3-19-7-16-18-15(19)24-6-14(21)17-11-5-13-12(22-8-23-13)4-10(11)9(2)20/h4-5,7H,3,6,8H2,1-2H3,(H,17,21). The zero-order chi connectivity index (χ0) is 17.1. The minimum absolute atomic E-state index is 0.104. The van der Waals surface area contributed by atoms with Crippen molar-refractivity contribution in [3.05, 3.63) is 24.0 Å². The number of hydrogen-bond donors (Lipinski definition) is 1. The number of anilines is 1. The maximum absolute atomic E-state index is 12.2. The van der Waals surface area contributed by atoms with Crippen LogP contribution in [0.25, 0.3) is 0 Å². The Bertz CT molecular complexity index is 790. The minimum atomic E-state index is -0.244. The molecule has 0 aliphatic carbocycles. The summed E-state index contributed by atoms with van der Waals surface area (Å²) in [5, 5.41) is 11.2. The van der Waals surface area contributed by atoms with E-state index >= 15 is 0 Å². The molecule has 1 aliphatic rings. The molecule has 24 heavy (non-hydrogen) atoms. The van der Waals surface area contributed by atoms with E-state index in [1.54, 1.807) is 18.5 Å². The quantitative estimate of drug-likeness (QED) is 0.630. The highest BCUT2D eigenvalue weighted by Crippen LogP contribution is 2.37. The zero-order valence-corrected chi connectivity index (χ0v) is 14.1. The summed E-state index contributed by atoms with van der Waals surface area (Å²) in [6.07, 6.45) is 1.62. The van der Waals surface area contributed by atoms with Gasteiger partial charge in [-0.1, -0.05) is 11.8 Å². The van der Waals surface area contributed by atoms with E-state index in [1.807, 2.05) is 11.5 Å². The molecule has 1 aliphatic heterocycles. The van der Waals surface area contributed by atoms with Gasteiger partial charge in [-0.3, -0.25) is 9.59 Å². The van der Waals surface area contributed by atoms with E-state index in [9.17, 15) is 9.59 Å². The number of nitrogens with zero attached hydrogens (tertiary/aromatic N) is 3. The molecule has 0 unspecified atom stereocenters. The first-order valence-electron chi connectivity index (χ1n) is 7.33. The van der Waals surface area contributed by atoms with Gasteiger partial charge in [0.1, 0.15) is 6.33 Å². The van der Waals surface area contributed by atoms with Crippen molar-refractivity contribution in [3.63, 3.8) is 0 Å². The molecular formula is C15H16N4O4S. The van der Waals surface area contributed by atoms with Gasteiger partial charge in [-0.15, -0.1) is 10.2 Å². The van der Waals surface area contributed by atoms with E-state index in [-0.39, 0.29) is 24.2 Å². The van der Waals surface area contributed by atoms with Gasteiger partial charge in [0.05, 0.1) is 11.4 Å². The fourth-order valence-corrected chi connectivity index (χ4v) is 3.01. The summed E-state index contributed by atoms with van der Waals surface area (Å²) < 4.78 is 12.4. The smallest absolute Gasteiger partial charge is 0.234 e. The van der Waals surface area contributed by atoms with Crippen LogP contribution in [-0.4, -0.2) is 39.0 Å². The maximum atomic E-state index is 12.2. The van der Waals surface area contributed by atoms with Gasteiger partial charge in [-0.25, -0.2) is 0 Å². The van der Waals surface area contributed by atoms with Crippen LogP contribution in [0.15, 0.2) is 23.6 Å². The summed E-state index contributed by atoms with van der Waals surface area (Å²) in [5.41, 5.74) is 0.795. The van der Waals surface area contributed by atoms with E-state index in [1.165, 1.54) is 18.7 Å². The van der Waals surface area contributed by atoms with Gasteiger partial charge in [-0.05, 0) is 19.9 Å². The first-order chi connectivity index (χ1) is 11.6. The number of carbonyl (C=O) groups is 2. The first kappa shape index (κ1) is 16.3. The number of thioether (sulfide) groups is 1. The number of ether oxygens (including phenoxy) is 2. The second-order valence-electron chi connectivity index (χ2n) is 5.04. The number of amides is 1. The SMILES string of the molecule is CCn1cnnc1SCC(=O)Nc1cc2c(cc1C(C)=O)OCO2. The van der Waals surface area contributed by atoms with Crippen molar-refractivity contribution in [2.45, 2.75) is 25.5 Å². The molecule has 1 aromatic carbocycles. The number of rotatable bonds is 6. The maximum Gasteiger partial charge on any atom is 0.234 e. The molecule has 126 valence electrons. The molecular weight excluding hydrogens is 332 g/mol. The molecule has 9 heteroatoms. The van der Waals surface area contributed by atoms with Crippen LogP contribution in [0.5, 0.6) is 11.5 Å². The number of aromatic nitrogens is 3. The number of carbonyl (C=O) groups excluding carboxylic acids is 2. The molecule has 0 saturated heterocycles. The van der Waals surface area contributed by atoms with Gasteiger partial charge >= 0.3 is 0 Å². The number of nitrogens with one attached hydrogen (secondary N) is 1. The Kier molecular flexibility index (Phi) is 4.70. The van der Waals surface area contributed by atoms with Crippen LogP contribution in [0, 0.1) is 0 Å². The van der Waals surface area contributed by atoms with Crippen LogP contribution < -0.4 is 14.8 Å². The predicted octanol–water partition coefficient (Wildman–Crippen LogP) is 1.96. The van der Waals surface area contributed by atoms with E-state index in [4.69, 9.17) is 9.47 Å². The van der Waals surface area contributed by atoms with Crippen molar-refractivity contribution in [3.8, 4) is 11.5 Å². The Balaban J connectivity index is 1.71. The molecule has 0 fully saturated rings. The van der Waals surface area contributed by atoms with Crippen molar-refractivity contribution in [2.75, 3.05) is 17.9 Å². The Morgan fingerprint density at radius 3 is 2.79 bits per heavy atom. The fourth-order valence-electron chi connectivity index (χ4n) is 2.23. The Morgan fingerprint density at radius 1 is 1.33 bits per heavy atom. The summed E-state index contributed by atoms with van der Waals surface area (Å²) in [5.74, 6) is 0.760. The van der Waals surface area contributed by atoms with Crippen molar-refractivity contribution < 1.29 is 19.1 Å². The molecule has 1 aromatic heterocycles. The number of fused-ring (bicyclic) bond motifs is 1. The lowest BCUT2D eigenvalue weighted by Gasteiger charge is -2.10. The molecule has 1 N–H and O–H groups in total. The average Bonchev–Trinajstić information content (AvgIpc) is 3.20. The molecule has 0 bridgehead atoms. The number of aryl methyl sites for hydroxylation is 1. The minimum Gasteiger partial charge on any atom is -0.454 e. The van der Waals surface area contributed by atoms with Gasteiger partial charge in [0.15, 0.2) is 22.4 Å². The lowest BCUT2D eigenvalue weighted by molar-refractivity contribution is -0.113. The van der Waals surface area contributed by atoms with Gasteiger partial charge < -0.3 is 19.4 Å². The van der Waals surface area contributed by atoms with Crippen molar-refractivity contribution in [1.82, 2.24) is 14.8 Å². The number of Topliss-reactive ketones (excluding diaryl/α,β-unsaturated/α-hetero) is 1. The number of hydrogen-bond acceptors (Lipinski definition) is 7. The summed E-state index contributed by atoms with van der Waals surface area (Å²) in [4.78, 5) is 24.0. The average molecular weight is 348 g/mol. The first-order valence-corrected chi connectivity index (χ1v) is 8.32. The summed E-state index contributed by atoms with van der Waals surface area (Å²) in [6, 6.07) is 3.19. The summed E-state index contributed by atoms with van der Waals surface area (Å²) in [6.45, 7) is 4.24. The van der Waals surface area contributed by atoms with Gasteiger partial charge in [0.25, 0.3) is 0 Å². The Labute approximate surface area is 142 Å². The van der Waals surface area contributed by atoms with Crippen molar-refractivity contribution >= 4 is 29.1 Å². The normalized spacial score (nSPS) is 12.2. The highest BCUT2D eigenvalue weighted by atomic mass is 32.2. The molecule has 2 aromatic rings. The van der Waals surface area contributed by atoms with Crippen molar-refractivity contribution in [1.29, 1.82) is 0 Å². The second kappa shape index (κ2) is 6.91. The van der Waals surface area contributed by atoms with Gasteiger partial charge in [0.2, 0.25) is 12.7 Å². The van der Waals surface area contributed by atoms with Crippen LogP contribution in [-0.2, 0) is 11.3 Å². The number of benzene rings is 1. The fraction of sp³-hybridized carbons (Fsp3) is 0.333. The molecule has 8 nitrogen and oxygen atoms in total. The Morgan fingerprint density at radius 2 is 2.08 bits per heavy atom. The molecule has 0 spiro atoms. The van der Waals surface area contributed by atoms with E-state index in [2.05, 4.69) is 15.5 Å². The van der Waals surface area contributed by atoms with Crippen LogP contribution in [0.4, 0.5) is 5.69 Å². The third-order valence-electron chi connectivity index (χ3n) is 3.42. The van der Waals surface area contributed by atoms with Crippen LogP contribution >= 0.6 is 11.8 Å². The van der Waals surface area contributed by atoms with E-state index < -0.39 is 0 Å². The number of ketones is 1. The molecule has 1 amide bonds. The second-order valence-corrected chi connectivity index (χ2v) is 5.99. The van der Waals surface area contributed by atoms with E-state index in [0.717, 1.165) is 6.54 Å². The predicted molar refractivity (Wildman–Crippen MR) is 87.6 cm³/mol. The monoisotopic (exact) mass is 348 g/mol. The van der Waals surface area contributed by atoms with E-state index in [0.29, 0.717) is 27.9 Å². The third-order valence-corrected chi connectivity index (χ3v) is 4.40. The topological polar surface area (TPSA) is 95.3 Å². The molecule has 0 saturated carbocycles. The zero-order valence-electron chi connectivity index (χ0n) is 13.2. The lowest BCUT2D eigenvalue weighted by Crippen LogP contribution is -2.16. The lowest BCUT2D eigenvalue weighted by atomic mass is 10.1. The highest BCUT2D eigenvalue weighted by molar-refractivity contribution is 7.99. The molecule has 0 radical (unpaired) electrons.